The molecule has 3 rings (SSSR count). The highest BCUT2D eigenvalue weighted by molar-refractivity contribution is 5.38. The van der Waals surface area contributed by atoms with E-state index in [0.717, 1.165) is 49.7 Å². The molecule has 0 radical (unpaired) electrons. The normalized spacial score (nSPS) is 17.0. The SMILES string of the molecule is COc1cc(CCCCCc2ccccc2OCC2CCCN(C)C2)cc(OC)c1. The molecule has 0 amide bonds. The largest absolute Gasteiger partial charge is 0.497 e. The number of methoxy groups -OCH3 is 2. The van der Waals surface area contributed by atoms with E-state index in [2.05, 4.69) is 48.3 Å². The first-order valence-electron chi connectivity index (χ1n) is 11.3. The lowest BCUT2D eigenvalue weighted by Crippen LogP contribution is -2.34. The molecule has 0 aliphatic carbocycles. The van der Waals surface area contributed by atoms with Crippen molar-refractivity contribution < 1.29 is 14.2 Å². The van der Waals surface area contributed by atoms with Crippen LogP contribution in [0.2, 0.25) is 0 Å². The second kappa shape index (κ2) is 11.8. The molecular weight excluding hydrogens is 374 g/mol. The van der Waals surface area contributed by atoms with E-state index in [1.807, 2.05) is 6.07 Å². The number of ether oxygens (including phenoxy) is 3. The average molecular weight is 412 g/mol. The molecule has 1 unspecified atom stereocenters. The number of hydrogen-bond donors (Lipinski definition) is 0. The third kappa shape index (κ3) is 6.94. The van der Waals surface area contributed by atoms with Crippen LogP contribution < -0.4 is 14.2 Å². The van der Waals surface area contributed by atoms with Gasteiger partial charge in [-0.05, 0) is 81.4 Å². The summed E-state index contributed by atoms with van der Waals surface area (Å²) in [7, 11) is 5.61. The topological polar surface area (TPSA) is 30.9 Å². The van der Waals surface area contributed by atoms with Crippen molar-refractivity contribution in [2.24, 2.45) is 5.92 Å². The van der Waals surface area contributed by atoms with Crippen LogP contribution in [0.5, 0.6) is 17.2 Å². The number of likely N-dealkylation sites (tertiary alicyclic amines) is 1. The summed E-state index contributed by atoms with van der Waals surface area (Å²) in [6.45, 7) is 3.20. The third-order valence-corrected chi connectivity index (χ3v) is 5.99. The van der Waals surface area contributed by atoms with E-state index in [-0.39, 0.29) is 0 Å². The number of nitrogens with zero attached hydrogens (tertiary/aromatic N) is 1. The Morgan fingerprint density at radius 2 is 1.67 bits per heavy atom. The number of aryl methyl sites for hydroxylation is 2. The Bertz CT molecular complexity index is 754. The van der Waals surface area contributed by atoms with Gasteiger partial charge in [-0.25, -0.2) is 0 Å². The average Bonchev–Trinajstić information content (AvgIpc) is 2.78. The van der Waals surface area contributed by atoms with Crippen LogP contribution in [0.3, 0.4) is 0 Å². The monoisotopic (exact) mass is 411 g/mol. The Morgan fingerprint density at radius 1 is 0.933 bits per heavy atom. The Labute approximate surface area is 182 Å². The highest BCUT2D eigenvalue weighted by atomic mass is 16.5. The van der Waals surface area contributed by atoms with Gasteiger partial charge in [-0.15, -0.1) is 0 Å². The zero-order valence-electron chi connectivity index (χ0n) is 18.9. The van der Waals surface area contributed by atoms with E-state index in [4.69, 9.17) is 14.2 Å². The van der Waals surface area contributed by atoms with Gasteiger partial charge in [0.2, 0.25) is 0 Å². The van der Waals surface area contributed by atoms with Gasteiger partial charge in [0.05, 0.1) is 20.8 Å². The minimum atomic E-state index is 0.650. The Kier molecular flexibility index (Phi) is 8.88. The second-order valence-corrected chi connectivity index (χ2v) is 8.47. The lowest BCUT2D eigenvalue weighted by Gasteiger charge is -2.29. The molecule has 0 saturated carbocycles. The highest BCUT2D eigenvalue weighted by Gasteiger charge is 2.18. The van der Waals surface area contributed by atoms with Crippen molar-refractivity contribution in [1.82, 2.24) is 4.90 Å². The predicted molar refractivity (Wildman–Crippen MR) is 123 cm³/mol. The van der Waals surface area contributed by atoms with Crippen LogP contribution in [-0.2, 0) is 12.8 Å². The summed E-state index contributed by atoms with van der Waals surface area (Å²) in [5, 5.41) is 0. The van der Waals surface area contributed by atoms with Gasteiger partial charge < -0.3 is 19.1 Å². The van der Waals surface area contributed by atoms with Gasteiger partial charge in [-0.1, -0.05) is 24.6 Å². The molecule has 4 nitrogen and oxygen atoms in total. The van der Waals surface area contributed by atoms with E-state index in [1.54, 1.807) is 14.2 Å². The lowest BCUT2D eigenvalue weighted by atomic mass is 9.99. The number of para-hydroxylation sites is 1. The van der Waals surface area contributed by atoms with Gasteiger partial charge in [0.25, 0.3) is 0 Å². The van der Waals surface area contributed by atoms with Gasteiger partial charge in [0.15, 0.2) is 0 Å². The molecule has 2 aromatic carbocycles. The van der Waals surface area contributed by atoms with Crippen LogP contribution in [0.25, 0.3) is 0 Å². The first-order valence-corrected chi connectivity index (χ1v) is 11.3. The smallest absolute Gasteiger partial charge is 0.122 e. The minimum absolute atomic E-state index is 0.650. The molecule has 1 fully saturated rings. The van der Waals surface area contributed by atoms with Crippen molar-refractivity contribution in [2.75, 3.05) is 41.0 Å². The molecule has 0 aromatic heterocycles. The van der Waals surface area contributed by atoms with Crippen LogP contribution in [-0.4, -0.2) is 45.9 Å². The summed E-state index contributed by atoms with van der Waals surface area (Å²) in [5.74, 6) is 3.44. The van der Waals surface area contributed by atoms with Crippen LogP contribution in [0, 0.1) is 5.92 Å². The van der Waals surface area contributed by atoms with Crippen LogP contribution in [0.15, 0.2) is 42.5 Å². The van der Waals surface area contributed by atoms with Crippen LogP contribution in [0.4, 0.5) is 0 Å². The van der Waals surface area contributed by atoms with Crippen molar-refractivity contribution in [3.8, 4) is 17.2 Å². The number of piperidine rings is 1. The molecule has 0 spiro atoms. The number of rotatable bonds is 11. The molecule has 1 heterocycles. The minimum Gasteiger partial charge on any atom is -0.497 e. The van der Waals surface area contributed by atoms with E-state index in [1.165, 1.54) is 43.4 Å². The number of benzene rings is 2. The molecule has 1 aliphatic rings. The number of unbranched alkanes of at least 4 members (excludes halogenated alkanes) is 2. The van der Waals surface area contributed by atoms with Crippen molar-refractivity contribution in [3.63, 3.8) is 0 Å². The molecule has 0 N–H and O–H groups in total. The Hall–Kier alpha value is -2.20. The molecule has 1 aliphatic heterocycles. The fraction of sp³-hybridized carbons (Fsp3) is 0.538. The predicted octanol–water partition coefficient (Wildman–Crippen LogP) is 5.38. The summed E-state index contributed by atoms with van der Waals surface area (Å²) in [6, 6.07) is 14.7. The molecule has 164 valence electrons. The highest BCUT2D eigenvalue weighted by Crippen LogP contribution is 2.25. The van der Waals surface area contributed by atoms with Gasteiger partial charge in [0, 0.05) is 18.5 Å². The summed E-state index contributed by atoms with van der Waals surface area (Å²) in [5.41, 5.74) is 2.61. The molecular formula is C26H37NO3. The maximum atomic E-state index is 6.25. The summed E-state index contributed by atoms with van der Waals surface area (Å²) < 4.78 is 17.0. The van der Waals surface area contributed by atoms with Crippen molar-refractivity contribution >= 4 is 0 Å². The van der Waals surface area contributed by atoms with E-state index >= 15 is 0 Å². The lowest BCUT2D eigenvalue weighted by molar-refractivity contribution is 0.150. The van der Waals surface area contributed by atoms with Gasteiger partial charge >= 0.3 is 0 Å². The number of hydrogen-bond acceptors (Lipinski definition) is 4. The Morgan fingerprint density at radius 3 is 2.40 bits per heavy atom. The van der Waals surface area contributed by atoms with Crippen molar-refractivity contribution in [2.45, 2.75) is 44.9 Å². The fourth-order valence-electron chi connectivity index (χ4n) is 4.30. The quantitative estimate of drug-likeness (QED) is 0.465. The second-order valence-electron chi connectivity index (χ2n) is 8.47. The fourth-order valence-corrected chi connectivity index (χ4v) is 4.30. The Balaban J connectivity index is 1.43. The summed E-state index contributed by atoms with van der Waals surface area (Å²) >= 11 is 0. The summed E-state index contributed by atoms with van der Waals surface area (Å²) in [6.07, 6.45) is 8.21. The molecule has 1 atom stereocenters. The molecule has 0 bridgehead atoms. The van der Waals surface area contributed by atoms with Gasteiger partial charge in [0.1, 0.15) is 17.2 Å². The molecule has 4 heteroatoms. The maximum absolute atomic E-state index is 6.25. The molecule has 2 aromatic rings. The zero-order valence-corrected chi connectivity index (χ0v) is 18.9. The van der Waals surface area contributed by atoms with Crippen LogP contribution in [0.1, 0.15) is 43.2 Å². The summed E-state index contributed by atoms with van der Waals surface area (Å²) in [4.78, 5) is 2.42. The van der Waals surface area contributed by atoms with Crippen molar-refractivity contribution in [3.05, 3.63) is 53.6 Å². The molecule has 1 saturated heterocycles. The van der Waals surface area contributed by atoms with Crippen molar-refractivity contribution in [1.29, 1.82) is 0 Å². The van der Waals surface area contributed by atoms with Crippen LogP contribution >= 0.6 is 0 Å². The third-order valence-electron chi connectivity index (χ3n) is 5.99. The molecule has 30 heavy (non-hydrogen) atoms. The first kappa shape index (κ1) is 22.5. The van der Waals surface area contributed by atoms with E-state index in [9.17, 15) is 0 Å². The van der Waals surface area contributed by atoms with E-state index < -0.39 is 0 Å². The van der Waals surface area contributed by atoms with Gasteiger partial charge in [-0.2, -0.15) is 0 Å². The van der Waals surface area contributed by atoms with Gasteiger partial charge in [-0.3, -0.25) is 0 Å². The standard InChI is InChI=1S/C26H37NO3/c1-27-15-9-11-22(19-27)20-30-26-14-8-7-13-23(26)12-6-4-5-10-21-16-24(28-2)18-25(17-21)29-3/h7-8,13-14,16-18,22H,4-6,9-12,15,19-20H2,1-3H3. The van der Waals surface area contributed by atoms with E-state index in [0.29, 0.717) is 5.92 Å². The maximum Gasteiger partial charge on any atom is 0.122 e. The first-order chi connectivity index (χ1) is 14.7. The zero-order chi connectivity index (χ0) is 21.2.